The molecule has 0 saturated heterocycles. The van der Waals surface area contributed by atoms with Crippen LogP contribution in [-0.4, -0.2) is 18.7 Å². The monoisotopic (exact) mass is 409 g/mol. The van der Waals surface area contributed by atoms with E-state index in [4.69, 9.17) is 11.6 Å². The summed E-state index contributed by atoms with van der Waals surface area (Å²) in [5, 5.41) is 1.07. The Morgan fingerprint density at radius 1 is 0.929 bits per heavy atom. The molecule has 140 valence electrons. The molecule has 4 nitrogen and oxygen atoms in total. The molecule has 6 heteroatoms. The first kappa shape index (κ1) is 18.5. The molecule has 0 unspecified atom stereocenters. The Morgan fingerprint density at radius 2 is 1.61 bits per heavy atom. The Hall–Kier alpha value is -2.89. The first-order valence-corrected chi connectivity index (χ1v) is 10.4. The van der Waals surface area contributed by atoms with Gasteiger partial charge in [0, 0.05) is 16.0 Å². The number of halogens is 1. The van der Waals surface area contributed by atoms with E-state index in [1.54, 1.807) is 42.5 Å². The summed E-state index contributed by atoms with van der Waals surface area (Å²) >= 11 is 6.18. The Kier molecular flexibility index (Phi) is 4.57. The second-order valence-corrected chi connectivity index (χ2v) is 8.71. The highest BCUT2D eigenvalue weighted by Crippen LogP contribution is 2.37. The molecule has 4 rings (SSSR count). The van der Waals surface area contributed by atoms with Crippen LogP contribution in [0.2, 0.25) is 5.02 Å². The molecule has 3 aromatic carbocycles. The third kappa shape index (κ3) is 2.93. The van der Waals surface area contributed by atoms with Gasteiger partial charge >= 0.3 is 0 Å². The van der Waals surface area contributed by atoms with E-state index in [-0.39, 0.29) is 10.6 Å². The van der Waals surface area contributed by atoms with Crippen LogP contribution in [0.1, 0.15) is 16.1 Å². The molecule has 0 N–H and O–H groups in total. The number of fused-ring (bicyclic) bond motifs is 1. The zero-order valence-corrected chi connectivity index (χ0v) is 16.5. The van der Waals surface area contributed by atoms with Crippen LogP contribution in [0, 0.1) is 6.92 Å². The van der Waals surface area contributed by atoms with Gasteiger partial charge in [-0.1, -0.05) is 59.6 Å². The van der Waals surface area contributed by atoms with Gasteiger partial charge in [-0.3, -0.25) is 4.79 Å². The molecule has 0 spiro atoms. The minimum absolute atomic E-state index is 0.0732. The van der Waals surface area contributed by atoms with Gasteiger partial charge in [-0.05, 0) is 42.8 Å². The van der Waals surface area contributed by atoms with E-state index in [0.29, 0.717) is 27.8 Å². The van der Waals surface area contributed by atoms with Gasteiger partial charge in [0.25, 0.3) is 10.0 Å². The number of hydrogen-bond acceptors (Lipinski definition) is 3. The molecule has 0 saturated carbocycles. The van der Waals surface area contributed by atoms with Crippen LogP contribution in [0.3, 0.4) is 0 Å². The lowest BCUT2D eigenvalue weighted by molar-refractivity contribution is 0.111. The van der Waals surface area contributed by atoms with Gasteiger partial charge in [0.2, 0.25) is 0 Å². The third-order valence-corrected chi connectivity index (χ3v) is 6.63. The van der Waals surface area contributed by atoms with Crippen LogP contribution in [0.15, 0.2) is 77.7 Å². The van der Waals surface area contributed by atoms with Gasteiger partial charge in [-0.15, -0.1) is 0 Å². The normalized spacial score (nSPS) is 11.6. The number of rotatable bonds is 4. The highest BCUT2D eigenvalue weighted by atomic mass is 35.5. The summed E-state index contributed by atoms with van der Waals surface area (Å²) in [6.45, 7) is 1.88. The molecule has 0 aliphatic rings. The summed E-state index contributed by atoms with van der Waals surface area (Å²) in [4.78, 5) is 12.2. The third-order valence-electron chi connectivity index (χ3n) is 4.65. The van der Waals surface area contributed by atoms with Crippen LogP contribution in [0.5, 0.6) is 0 Å². The number of carbonyl (C=O) groups is 1. The van der Waals surface area contributed by atoms with Crippen molar-refractivity contribution in [1.29, 1.82) is 0 Å². The van der Waals surface area contributed by atoms with Gasteiger partial charge in [0.05, 0.1) is 10.4 Å². The number of aryl methyl sites for hydroxylation is 1. The van der Waals surface area contributed by atoms with Gasteiger partial charge in [0.15, 0.2) is 6.29 Å². The van der Waals surface area contributed by atoms with Crippen molar-refractivity contribution in [3.8, 4) is 11.1 Å². The molecule has 0 radical (unpaired) electrons. The summed E-state index contributed by atoms with van der Waals surface area (Å²) < 4.78 is 28.0. The molecule has 1 aromatic heterocycles. The first-order valence-electron chi connectivity index (χ1n) is 8.60. The van der Waals surface area contributed by atoms with Crippen molar-refractivity contribution in [1.82, 2.24) is 3.97 Å². The standard InChI is InChI=1S/C22H16ClNO3S/c1-15-7-10-18(11-8-15)28(26,27)24-20-12-9-17(23)13-19(20)22(21(24)14-25)16-5-3-2-4-6-16/h2-14H,1H3. The second-order valence-electron chi connectivity index (χ2n) is 6.49. The molecular weight excluding hydrogens is 394 g/mol. The second kappa shape index (κ2) is 6.93. The summed E-state index contributed by atoms with van der Waals surface area (Å²) in [6.07, 6.45) is 0.585. The van der Waals surface area contributed by atoms with E-state index in [1.807, 2.05) is 37.3 Å². The van der Waals surface area contributed by atoms with Crippen molar-refractivity contribution in [2.75, 3.05) is 0 Å². The number of aromatic nitrogens is 1. The van der Waals surface area contributed by atoms with E-state index in [1.165, 1.54) is 0 Å². The predicted octanol–water partition coefficient (Wildman–Crippen LogP) is 5.32. The summed E-state index contributed by atoms with van der Waals surface area (Å²) in [6, 6.07) is 20.7. The molecule has 0 aliphatic carbocycles. The number of carbonyl (C=O) groups excluding carboxylic acids is 1. The minimum atomic E-state index is -3.98. The van der Waals surface area contributed by atoms with E-state index < -0.39 is 10.0 Å². The maximum absolute atomic E-state index is 13.4. The van der Waals surface area contributed by atoms with Gasteiger partial charge in [0.1, 0.15) is 5.69 Å². The van der Waals surface area contributed by atoms with E-state index in [9.17, 15) is 13.2 Å². The van der Waals surface area contributed by atoms with Gasteiger partial charge in [-0.2, -0.15) is 0 Å². The Balaban J connectivity index is 2.13. The predicted molar refractivity (Wildman–Crippen MR) is 112 cm³/mol. The number of aldehydes is 1. The number of nitrogens with zero attached hydrogens (tertiary/aromatic N) is 1. The summed E-state index contributed by atoms with van der Waals surface area (Å²) in [7, 11) is -3.98. The maximum atomic E-state index is 13.4. The van der Waals surface area contributed by atoms with Crippen molar-refractivity contribution in [3.63, 3.8) is 0 Å². The van der Waals surface area contributed by atoms with Gasteiger partial charge in [-0.25, -0.2) is 12.4 Å². The minimum Gasteiger partial charge on any atom is -0.296 e. The summed E-state index contributed by atoms with van der Waals surface area (Å²) in [5.74, 6) is 0. The van der Waals surface area contributed by atoms with Crippen LogP contribution < -0.4 is 0 Å². The highest BCUT2D eigenvalue weighted by molar-refractivity contribution is 7.90. The maximum Gasteiger partial charge on any atom is 0.268 e. The fourth-order valence-corrected chi connectivity index (χ4v) is 5.02. The van der Waals surface area contributed by atoms with Gasteiger partial charge < -0.3 is 0 Å². The van der Waals surface area contributed by atoms with Crippen molar-refractivity contribution in [3.05, 3.63) is 89.1 Å². The largest absolute Gasteiger partial charge is 0.296 e. The smallest absolute Gasteiger partial charge is 0.268 e. The van der Waals surface area contributed by atoms with Crippen LogP contribution in [0.4, 0.5) is 0 Å². The SMILES string of the molecule is Cc1ccc(S(=O)(=O)n2c(C=O)c(-c3ccccc3)c3cc(Cl)ccc32)cc1. The lowest BCUT2D eigenvalue weighted by atomic mass is 10.0. The van der Waals surface area contributed by atoms with Crippen molar-refractivity contribution in [2.24, 2.45) is 0 Å². The average Bonchev–Trinajstić information content (AvgIpc) is 3.03. The number of benzene rings is 3. The molecule has 0 fully saturated rings. The van der Waals surface area contributed by atoms with E-state index >= 15 is 0 Å². The van der Waals surface area contributed by atoms with Crippen LogP contribution in [0.25, 0.3) is 22.0 Å². The molecule has 0 amide bonds. The molecule has 0 atom stereocenters. The van der Waals surface area contributed by atoms with Crippen molar-refractivity contribution >= 4 is 38.8 Å². The fourth-order valence-electron chi connectivity index (χ4n) is 3.34. The fraction of sp³-hybridized carbons (Fsp3) is 0.0455. The lowest BCUT2D eigenvalue weighted by Gasteiger charge is -2.10. The average molecular weight is 410 g/mol. The Morgan fingerprint density at radius 3 is 2.25 bits per heavy atom. The highest BCUT2D eigenvalue weighted by Gasteiger charge is 2.27. The number of hydrogen-bond donors (Lipinski definition) is 0. The lowest BCUT2D eigenvalue weighted by Crippen LogP contribution is -2.15. The molecule has 28 heavy (non-hydrogen) atoms. The van der Waals surface area contributed by atoms with Crippen molar-refractivity contribution in [2.45, 2.75) is 11.8 Å². The molecule has 4 aromatic rings. The molecule has 0 aliphatic heterocycles. The zero-order valence-electron chi connectivity index (χ0n) is 15.0. The molecule has 0 bridgehead atoms. The molecular formula is C22H16ClNO3S. The van der Waals surface area contributed by atoms with Crippen LogP contribution >= 0.6 is 11.6 Å². The van der Waals surface area contributed by atoms with E-state index in [0.717, 1.165) is 15.1 Å². The topological polar surface area (TPSA) is 56.1 Å². The Labute approximate surface area is 168 Å². The van der Waals surface area contributed by atoms with Crippen molar-refractivity contribution < 1.29 is 13.2 Å². The zero-order chi connectivity index (χ0) is 19.9. The summed E-state index contributed by atoms with van der Waals surface area (Å²) in [5.41, 5.74) is 2.72. The molecule has 1 heterocycles. The first-order chi connectivity index (χ1) is 13.4. The van der Waals surface area contributed by atoms with E-state index in [2.05, 4.69) is 0 Å². The van der Waals surface area contributed by atoms with Crippen LogP contribution in [-0.2, 0) is 10.0 Å². The Bertz CT molecular complexity index is 1290. The quantitative estimate of drug-likeness (QED) is 0.428.